The van der Waals surface area contributed by atoms with E-state index in [0.717, 1.165) is 12.8 Å². The van der Waals surface area contributed by atoms with Crippen LogP contribution in [0.5, 0.6) is 0 Å². The average molecular weight is 285 g/mol. The second-order valence-electron chi connectivity index (χ2n) is 4.30. The molecule has 1 rings (SSSR count). The summed E-state index contributed by atoms with van der Waals surface area (Å²) in [5, 5.41) is 13.8. The summed E-state index contributed by atoms with van der Waals surface area (Å²) in [6, 6.07) is 0. The van der Waals surface area contributed by atoms with Crippen molar-refractivity contribution < 1.29 is 14.7 Å². The number of nitrogens with one attached hydrogen (secondary N) is 1. The second kappa shape index (κ2) is 7.85. The van der Waals surface area contributed by atoms with Crippen molar-refractivity contribution in [1.29, 1.82) is 0 Å². The number of carboxylic acids is 1. The maximum atomic E-state index is 11.7. The minimum absolute atomic E-state index is 0.00321. The lowest BCUT2D eigenvalue weighted by Crippen LogP contribution is -2.31. The van der Waals surface area contributed by atoms with Gasteiger partial charge in [0.2, 0.25) is 5.91 Å². The van der Waals surface area contributed by atoms with Crippen LogP contribution < -0.4 is 11.1 Å². The molecule has 19 heavy (non-hydrogen) atoms. The van der Waals surface area contributed by atoms with Gasteiger partial charge in [-0.2, -0.15) is 0 Å². The molecule has 7 heteroatoms. The van der Waals surface area contributed by atoms with Crippen molar-refractivity contribution in [2.45, 2.75) is 26.2 Å². The maximum Gasteiger partial charge on any atom is 0.355 e. The Balaban J connectivity index is 2.29. The predicted molar refractivity (Wildman–Crippen MR) is 73.2 cm³/mol. The summed E-state index contributed by atoms with van der Waals surface area (Å²) in [7, 11) is 0. The third kappa shape index (κ3) is 5.35. The number of aromatic nitrogens is 1. The lowest BCUT2D eigenvalue weighted by Gasteiger charge is -2.10. The Bertz CT molecular complexity index is 434. The van der Waals surface area contributed by atoms with Crippen molar-refractivity contribution in [3.05, 3.63) is 16.1 Å². The minimum atomic E-state index is -1.03. The molecule has 0 spiro atoms. The lowest BCUT2D eigenvalue weighted by molar-refractivity contribution is -0.124. The first-order valence-electron chi connectivity index (χ1n) is 6.20. The van der Waals surface area contributed by atoms with Crippen LogP contribution in [0, 0.1) is 5.92 Å². The molecule has 0 aliphatic heterocycles. The number of carboxylic acid groups (broad SMARTS) is 1. The number of amides is 1. The van der Waals surface area contributed by atoms with Crippen molar-refractivity contribution in [3.8, 4) is 0 Å². The highest BCUT2D eigenvalue weighted by Crippen LogP contribution is 2.10. The summed E-state index contributed by atoms with van der Waals surface area (Å²) in [4.78, 5) is 26.3. The van der Waals surface area contributed by atoms with E-state index in [0.29, 0.717) is 24.5 Å². The third-order valence-electron chi connectivity index (χ3n) is 2.70. The fraction of sp³-hybridized carbons (Fsp3) is 0.583. The van der Waals surface area contributed by atoms with E-state index >= 15 is 0 Å². The normalized spacial score (nSPS) is 12.1. The summed E-state index contributed by atoms with van der Waals surface area (Å²) in [5.41, 5.74) is 5.45. The quantitative estimate of drug-likeness (QED) is 0.657. The molecule has 1 aromatic rings. The number of hydrogen-bond donors (Lipinski definition) is 3. The van der Waals surface area contributed by atoms with Crippen molar-refractivity contribution in [2.24, 2.45) is 11.7 Å². The first-order valence-corrected chi connectivity index (χ1v) is 7.08. The summed E-state index contributed by atoms with van der Waals surface area (Å²) in [5.74, 6) is -1.07. The number of rotatable bonds is 8. The molecule has 0 saturated carbocycles. The van der Waals surface area contributed by atoms with E-state index in [1.165, 1.54) is 16.7 Å². The highest BCUT2D eigenvalue weighted by molar-refractivity contribution is 7.09. The number of aromatic carboxylic acids is 1. The van der Waals surface area contributed by atoms with Gasteiger partial charge in [-0.25, -0.2) is 9.78 Å². The summed E-state index contributed by atoms with van der Waals surface area (Å²) >= 11 is 1.29. The van der Waals surface area contributed by atoms with E-state index in [-0.39, 0.29) is 17.5 Å². The van der Waals surface area contributed by atoms with Crippen LogP contribution in [0.15, 0.2) is 5.38 Å². The number of thiazole rings is 1. The molecule has 0 aliphatic rings. The molecular formula is C12H19N3O3S. The van der Waals surface area contributed by atoms with Crippen LogP contribution in [0.2, 0.25) is 0 Å². The van der Waals surface area contributed by atoms with Crippen LogP contribution >= 0.6 is 11.3 Å². The number of carbonyl (C=O) groups is 2. The Morgan fingerprint density at radius 2 is 2.32 bits per heavy atom. The van der Waals surface area contributed by atoms with E-state index in [9.17, 15) is 9.59 Å². The molecule has 1 amide bonds. The van der Waals surface area contributed by atoms with Crippen LogP contribution in [0.3, 0.4) is 0 Å². The van der Waals surface area contributed by atoms with Crippen molar-refractivity contribution in [3.63, 3.8) is 0 Å². The average Bonchev–Trinajstić information content (AvgIpc) is 2.84. The molecule has 106 valence electrons. The van der Waals surface area contributed by atoms with Gasteiger partial charge in [-0.05, 0) is 19.4 Å². The number of nitrogens with two attached hydrogens (primary N) is 1. The van der Waals surface area contributed by atoms with Gasteiger partial charge in [0, 0.05) is 24.3 Å². The van der Waals surface area contributed by atoms with Crippen LogP contribution in [-0.4, -0.2) is 35.1 Å². The molecule has 0 radical (unpaired) electrons. The van der Waals surface area contributed by atoms with Gasteiger partial charge in [0.05, 0.1) is 5.01 Å². The fourth-order valence-electron chi connectivity index (χ4n) is 1.55. The number of carbonyl (C=O) groups excluding carboxylic acids is 1. The lowest BCUT2D eigenvalue weighted by atomic mass is 10.1. The SMILES string of the molecule is CC(CCCN)C(=O)NCCc1nc(C(=O)O)cs1. The van der Waals surface area contributed by atoms with Gasteiger partial charge in [0.15, 0.2) is 5.69 Å². The van der Waals surface area contributed by atoms with Crippen LogP contribution in [-0.2, 0) is 11.2 Å². The highest BCUT2D eigenvalue weighted by Gasteiger charge is 2.12. The zero-order chi connectivity index (χ0) is 14.3. The van der Waals surface area contributed by atoms with Gasteiger partial charge < -0.3 is 16.2 Å². The van der Waals surface area contributed by atoms with E-state index in [1.807, 2.05) is 6.92 Å². The Hall–Kier alpha value is -1.47. The fourth-order valence-corrected chi connectivity index (χ4v) is 2.32. The maximum absolute atomic E-state index is 11.7. The molecule has 1 atom stereocenters. The molecule has 1 heterocycles. The van der Waals surface area contributed by atoms with Crippen molar-refractivity contribution in [2.75, 3.05) is 13.1 Å². The molecule has 0 aliphatic carbocycles. The molecule has 6 nitrogen and oxygen atoms in total. The topological polar surface area (TPSA) is 105 Å². The molecular weight excluding hydrogens is 266 g/mol. The molecule has 1 unspecified atom stereocenters. The van der Waals surface area contributed by atoms with E-state index < -0.39 is 5.97 Å². The molecule has 0 aromatic carbocycles. The third-order valence-corrected chi connectivity index (χ3v) is 3.61. The summed E-state index contributed by atoms with van der Waals surface area (Å²) in [6.07, 6.45) is 2.17. The molecule has 0 saturated heterocycles. The van der Waals surface area contributed by atoms with Gasteiger partial charge >= 0.3 is 5.97 Å². The molecule has 4 N–H and O–H groups in total. The van der Waals surface area contributed by atoms with Gasteiger partial charge in [-0.1, -0.05) is 6.92 Å². The zero-order valence-electron chi connectivity index (χ0n) is 10.9. The van der Waals surface area contributed by atoms with E-state index in [2.05, 4.69) is 10.3 Å². The zero-order valence-corrected chi connectivity index (χ0v) is 11.7. The van der Waals surface area contributed by atoms with E-state index in [1.54, 1.807) is 0 Å². The first kappa shape index (κ1) is 15.6. The molecule has 1 aromatic heterocycles. The van der Waals surface area contributed by atoms with Gasteiger partial charge in [0.1, 0.15) is 0 Å². The number of nitrogens with zero attached hydrogens (tertiary/aromatic N) is 1. The highest BCUT2D eigenvalue weighted by atomic mass is 32.1. The van der Waals surface area contributed by atoms with Crippen LogP contribution in [0.25, 0.3) is 0 Å². The van der Waals surface area contributed by atoms with Gasteiger partial charge in [-0.15, -0.1) is 11.3 Å². The standard InChI is InChI=1S/C12H19N3O3S/c1-8(3-2-5-13)11(16)14-6-4-10-15-9(7-19-10)12(17)18/h7-8H,2-6,13H2,1H3,(H,14,16)(H,17,18). The summed E-state index contributed by atoms with van der Waals surface area (Å²) in [6.45, 7) is 2.93. The molecule has 0 fully saturated rings. The predicted octanol–water partition coefficient (Wildman–Crippen LogP) is 0.875. The van der Waals surface area contributed by atoms with Crippen molar-refractivity contribution in [1.82, 2.24) is 10.3 Å². The molecule has 0 bridgehead atoms. The van der Waals surface area contributed by atoms with Crippen LogP contribution in [0.4, 0.5) is 0 Å². The Kier molecular flexibility index (Phi) is 6.44. The van der Waals surface area contributed by atoms with E-state index in [4.69, 9.17) is 10.8 Å². The van der Waals surface area contributed by atoms with Crippen molar-refractivity contribution >= 4 is 23.2 Å². The Morgan fingerprint density at radius 1 is 1.58 bits per heavy atom. The summed E-state index contributed by atoms with van der Waals surface area (Å²) < 4.78 is 0. The Labute approximate surface area is 116 Å². The number of hydrogen-bond acceptors (Lipinski definition) is 5. The van der Waals surface area contributed by atoms with Gasteiger partial charge in [0.25, 0.3) is 0 Å². The minimum Gasteiger partial charge on any atom is -0.476 e. The van der Waals surface area contributed by atoms with Crippen LogP contribution in [0.1, 0.15) is 35.3 Å². The second-order valence-corrected chi connectivity index (χ2v) is 5.25. The Morgan fingerprint density at radius 3 is 2.89 bits per heavy atom. The smallest absolute Gasteiger partial charge is 0.355 e. The monoisotopic (exact) mass is 285 g/mol. The largest absolute Gasteiger partial charge is 0.476 e. The first-order chi connectivity index (χ1) is 9.04. The van der Waals surface area contributed by atoms with Gasteiger partial charge in [-0.3, -0.25) is 4.79 Å².